The number of anilines is 1. The summed E-state index contributed by atoms with van der Waals surface area (Å²) in [6, 6.07) is 4.04. The van der Waals surface area contributed by atoms with E-state index in [4.69, 9.17) is 5.73 Å². The summed E-state index contributed by atoms with van der Waals surface area (Å²) in [4.78, 5) is 27.6. The van der Waals surface area contributed by atoms with Crippen LogP contribution in [0.5, 0.6) is 0 Å². The summed E-state index contributed by atoms with van der Waals surface area (Å²) in [5.74, 6) is 0.726. The molecule has 18 heavy (non-hydrogen) atoms. The van der Waals surface area contributed by atoms with Gasteiger partial charge < -0.3 is 10.7 Å². The molecule has 0 unspecified atom stereocenters. The van der Waals surface area contributed by atoms with E-state index in [0.717, 1.165) is 11.3 Å². The van der Waals surface area contributed by atoms with Crippen molar-refractivity contribution in [2.24, 2.45) is 0 Å². The molecule has 6 nitrogen and oxygen atoms in total. The number of nitrogen functional groups attached to an aromatic ring is 1. The van der Waals surface area contributed by atoms with Gasteiger partial charge in [0.1, 0.15) is 0 Å². The molecule has 0 atom stereocenters. The second kappa shape index (κ2) is 3.95. The lowest BCUT2D eigenvalue weighted by molar-refractivity contribution is 1.17. The molecule has 4 N–H and O–H groups in total. The highest BCUT2D eigenvalue weighted by molar-refractivity contribution is 7.15. The molecule has 3 aromatic rings. The molecule has 0 saturated carbocycles. The van der Waals surface area contributed by atoms with E-state index >= 15 is 0 Å². The van der Waals surface area contributed by atoms with Crippen molar-refractivity contribution in [3.8, 4) is 10.7 Å². The number of aromatic nitrogens is 4. The molecule has 0 aliphatic carbocycles. The minimum atomic E-state index is -0.302. The van der Waals surface area contributed by atoms with Crippen LogP contribution in [-0.4, -0.2) is 19.9 Å². The second-order valence-corrected chi connectivity index (χ2v) is 5.02. The van der Waals surface area contributed by atoms with Crippen LogP contribution in [0.4, 0.5) is 5.95 Å². The number of nitrogens with zero attached hydrogens (tertiary/aromatic N) is 2. The Morgan fingerprint density at radius 2 is 2.17 bits per heavy atom. The summed E-state index contributed by atoms with van der Waals surface area (Å²) in [5.41, 5.74) is 5.88. The fraction of sp³-hybridized carbons (Fsp3) is 0.182. The van der Waals surface area contributed by atoms with E-state index in [-0.39, 0.29) is 11.5 Å². The van der Waals surface area contributed by atoms with Gasteiger partial charge in [-0.15, -0.1) is 11.3 Å². The molecule has 0 saturated heterocycles. The summed E-state index contributed by atoms with van der Waals surface area (Å²) < 4.78 is 0. The van der Waals surface area contributed by atoms with Crippen LogP contribution >= 0.6 is 11.3 Å². The number of fused-ring (bicyclic) bond motifs is 1. The Balaban J connectivity index is 2.19. The molecule has 0 aromatic carbocycles. The first-order chi connectivity index (χ1) is 8.67. The standard InChI is InChI=1S/C11H11N5OS/c1-2-5-3-4-6(18-5)8-13-7-9(14-8)15-11(12)16-10(7)17/h3-4H,2H2,1H3,(H4,12,13,14,15,16,17). The predicted octanol–water partition coefficient (Wildman–Crippen LogP) is 1.52. The number of rotatable bonds is 2. The molecule has 0 aliphatic rings. The van der Waals surface area contributed by atoms with Crippen LogP contribution in [0.15, 0.2) is 16.9 Å². The second-order valence-electron chi connectivity index (χ2n) is 3.85. The number of nitrogens with two attached hydrogens (primary N) is 1. The number of thiophene rings is 1. The number of H-pyrrole nitrogens is 2. The van der Waals surface area contributed by atoms with E-state index in [9.17, 15) is 4.79 Å². The molecule has 3 rings (SSSR count). The molecule has 0 amide bonds. The van der Waals surface area contributed by atoms with Gasteiger partial charge in [0.2, 0.25) is 5.95 Å². The van der Waals surface area contributed by atoms with Crippen LogP contribution in [0.1, 0.15) is 11.8 Å². The van der Waals surface area contributed by atoms with E-state index in [1.54, 1.807) is 11.3 Å². The maximum Gasteiger partial charge on any atom is 0.278 e. The van der Waals surface area contributed by atoms with Crippen molar-refractivity contribution in [3.63, 3.8) is 0 Å². The number of aromatic amines is 2. The topological polar surface area (TPSA) is 100 Å². The van der Waals surface area contributed by atoms with E-state index < -0.39 is 0 Å². The monoisotopic (exact) mass is 261 g/mol. The number of imidazole rings is 1. The maximum atomic E-state index is 11.7. The van der Waals surface area contributed by atoms with Crippen LogP contribution in [0, 0.1) is 0 Å². The van der Waals surface area contributed by atoms with Crippen LogP contribution in [0.3, 0.4) is 0 Å². The van der Waals surface area contributed by atoms with Crippen molar-refractivity contribution in [2.75, 3.05) is 5.73 Å². The zero-order chi connectivity index (χ0) is 12.7. The van der Waals surface area contributed by atoms with Gasteiger partial charge in [-0.25, -0.2) is 4.98 Å². The van der Waals surface area contributed by atoms with E-state index in [1.807, 2.05) is 6.07 Å². The highest BCUT2D eigenvalue weighted by Crippen LogP contribution is 2.26. The van der Waals surface area contributed by atoms with E-state index in [1.165, 1.54) is 4.88 Å². The molecule has 0 aliphatic heterocycles. The van der Waals surface area contributed by atoms with Crippen LogP contribution in [0.25, 0.3) is 21.9 Å². The van der Waals surface area contributed by atoms with Gasteiger partial charge in [-0.2, -0.15) is 4.98 Å². The lowest BCUT2D eigenvalue weighted by Gasteiger charge is -1.89. The predicted molar refractivity (Wildman–Crippen MR) is 71.6 cm³/mol. The first kappa shape index (κ1) is 11.0. The summed E-state index contributed by atoms with van der Waals surface area (Å²) in [7, 11) is 0. The molecule has 0 radical (unpaired) electrons. The Morgan fingerprint density at radius 1 is 1.33 bits per heavy atom. The third-order valence-electron chi connectivity index (χ3n) is 2.62. The van der Waals surface area contributed by atoms with Crippen LogP contribution in [-0.2, 0) is 6.42 Å². The molecule has 3 aromatic heterocycles. The van der Waals surface area contributed by atoms with Crippen molar-refractivity contribution in [2.45, 2.75) is 13.3 Å². The average molecular weight is 261 g/mol. The van der Waals surface area contributed by atoms with Gasteiger partial charge in [-0.1, -0.05) is 6.92 Å². The Labute approximate surface area is 106 Å². The molecular weight excluding hydrogens is 250 g/mol. The summed E-state index contributed by atoms with van der Waals surface area (Å²) in [6.45, 7) is 2.10. The van der Waals surface area contributed by atoms with Gasteiger partial charge >= 0.3 is 0 Å². The largest absolute Gasteiger partial charge is 0.369 e. The molecule has 0 bridgehead atoms. The molecule has 3 heterocycles. The highest BCUT2D eigenvalue weighted by atomic mass is 32.1. The van der Waals surface area contributed by atoms with Gasteiger partial charge in [0.25, 0.3) is 5.56 Å². The van der Waals surface area contributed by atoms with Crippen LogP contribution < -0.4 is 11.3 Å². The normalized spacial score (nSPS) is 11.2. The number of hydrogen-bond donors (Lipinski definition) is 3. The third-order valence-corrected chi connectivity index (χ3v) is 3.86. The Bertz CT molecular complexity index is 769. The van der Waals surface area contributed by atoms with Gasteiger partial charge in [0.15, 0.2) is 17.0 Å². The van der Waals surface area contributed by atoms with Gasteiger partial charge in [-0.3, -0.25) is 9.78 Å². The number of aryl methyl sites for hydroxylation is 1. The Hall–Kier alpha value is -2.15. The third kappa shape index (κ3) is 1.68. The smallest absolute Gasteiger partial charge is 0.278 e. The lowest BCUT2D eigenvalue weighted by atomic mass is 10.3. The van der Waals surface area contributed by atoms with Crippen LogP contribution in [0.2, 0.25) is 0 Å². The quantitative estimate of drug-likeness (QED) is 0.651. The molecule has 0 spiro atoms. The molecule has 92 valence electrons. The zero-order valence-electron chi connectivity index (χ0n) is 9.65. The van der Waals surface area contributed by atoms with Crippen molar-refractivity contribution in [1.29, 1.82) is 0 Å². The van der Waals surface area contributed by atoms with Gasteiger partial charge in [-0.05, 0) is 18.6 Å². The van der Waals surface area contributed by atoms with Crippen molar-refractivity contribution < 1.29 is 0 Å². The summed E-state index contributed by atoms with van der Waals surface area (Å²) in [6.07, 6.45) is 0.983. The van der Waals surface area contributed by atoms with Crippen molar-refractivity contribution in [3.05, 3.63) is 27.4 Å². The van der Waals surface area contributed by atoms with E-state index in [2.05, 4.69) is 32.9 Å². The fourth-order valence-corrected chi connectivity index (χ4v) is 2.63. The molecule has 7 heteroatoms. The van der Waals surface area contributed by atoms with Crippen molar-refractivity contribution >= 4 is 28.4 Å². The lowest BCUT2D eigenvalue weighted by Crippen LogP contribution is -2.10. The summed E-state index contributed by atoms with van der Waals surface area (Å²) >= 11 is 1.65. The summed E-state index contributed by atoms with van der Waals surface area (Å²) in [5, 5.41) is 0. The first-order valence-electron chi connectivity index (χ1n) is 5.52. The first-order valence-corrected chi connectivity index (χ1v) is 6.33. The average Bonchev–Trinajstić information content (AvgIpc) is 2.93. The number of nitrogens with one attached hydrogen (secondary N) is 2. The molecular formula is C11H11N5OS. The highest BCUT2D eigenvalue weighted by Gasteiger charge is 2.11. The Kier molecular flexibility index (Phi) is 2.41. The zero-order valence-corrected chi connectivity index (χ0v) is 10.5. The minimum absolute atomic E-state index is 0.0750. The van der Waals surface area contributed by atoms with Gasteiger partial charge in [0.05, 0.1) is 4.88 Å². The van der Waals surface area contributed by atoms with Gasteiger partial charge in [0, 0.05) is 4.88 Å². The van der Waals surface area contributed by atoms with E-state index in [0.29, 0.717) is 17.0 Å². The fourth-order valence-electron chi connectivity index (χ4n) is 1.74. The maximum absolute atomic E-state index is 11.7. The Morgan fingerprint density at radius 3 is 2.89 bits per heavy atom. The minimum Gasteiger partial charge on any atom is -0.369 e. The number of hydrogen-bond acceptors (Lipinski definition) is 5. The van der Waals surface area contributed by atoms with Crippen molar-refractivity contribution in [1.82, 2.24) is 19.9 Å². The molecule has 0 fully saturated rings. The SMILES string of the molecule is CCc1ccc(-c2nc3nc(N)[nH]c(=O)c3[nH]2)s1.